The second-order valence-electron chi connectivity index (χ2n) is 4.73. The predicted octanol–water partition coefficient (Wildman–Crippen LogP) is 1.45. The first-order valence-electron chi connectivity index (χ1n) is 6.54. The molecule has 1 unspecified atom stereocenters. The van der Waals surface area contributed by atoms with Gasteiger partial charge in [0.05, 0.1) is 5.69 Å². The number of hydrogen-bond donors (Lipinski definition) is 1. The van der Waals surface area contributed by atoms with Crippen LogP contribution in [0, 0.1) is 6.92 Å². The van der Waals surface area contributed by atoms with Gasteiger partial charge in [0.25, 0.3) is 5.91 Å². The number of carbonyl (C=O) groups excluding carboxylic acids is 1. The number of hydrogen-bond acceptors (Lipinski definition) is 5. The molecule has 1 aliphatic rings. The Morgan fingerprint density at radius 3 is 3.00 bits per heavy atom. The standard InChI is InChI=1S/C12H20N4OS/c1-3-7-16(8-10-5-4-6-13-10)12(17)11-9(2)14-15-18-11/h10,13H,3-8H2,1-2H3. The molecule has 1 aromatic rings. The Hall–Kier alpha value is -1.01. The maximum atomic E-state index is 12.4. The minimum absolute atomic E-state index is 0.0815. The fourth-order valence-electron chi connectivity index (χ4n) is 2.30. The first kappa shape index (κ1) is 13.4. The molecule has 1 aromatic heterocycles. The summed E-state index contributed by atoms with van der Waals surface area (Å²) in [4.78, 5) is 15.1. The summed E-state index contributed by atoms with van der Waals surface area (Å²) in [7, 11) is 0. The Labute approximate surface area is 112 Å². The van der Waals surface area contributed by atoms with E-state index in [-0.39, 0.29) is 5.91 Å². The molecule has 0 saturated carbocycles. The fraction of sp³-hybridized carbons (Fsp3) is 0.750. The van der Waals surface area contributed by atoms with Crippen molar-refractivity contribution >= 4 is 17.4 Å². The van der Waals surface area contributed by atoms with E-state index in [0.29, 0.717) is 10.9 Å². The van der Waals surface area contributed by atoms with E-state index >= 15 is 0 Å². The minimum Gasteiger partial charge on any atom is -0.336 e. The molecule has 1 atom stereocenters. The van der Waals surface area contributed by atoms with Crippen molar-refractivity contribution in [1.29, 1.82) is 0 Å². The molecule has 0 aliphatic carbocycles. The summed E-state index contributed by atoms with van der Waals surface area (Å²) < 4.78 is 3.85. The summed E-state index contributed by atoms with van der Waals surface area (Å²) >= 11 is 1.20. The normalized spacial score (nSPS) is 19.1. The van der Waals surface area contributed by atoms with Crippen LogP contribution in [0.1, 0.15) is 41.6 Å². The van der Waals surface area contributed by atoms with Crippen LogP contribution in [0.3, 0.4) is 0 Å². The highest BCUT2D eigenvalue weighted by Crippen LogP contribution is 2.15. The number of rotatable bonds is 5. The number of aryl methyl sites for hydroxylation is 1. The van der Waals surface area contributed by atoms with E-state index in [4.69, 9.17) is 0 Å². The topological polar surface area (TPSA) is 58.1 Å². The van der Waals surface area contributed by atoms with Gasteiger partial charge in [-0.3, -0.25) is 4.79 Å². The summed E-state index contributed by atoms with van der Waals surface area (Å²) in [6.07, 6.45) is 3.34. The van der Waals surface area contributed by atoms with E-state index in [1.54, 1.807) is 0 Å². The average Bonchev–Trinajstić information content (AvgIpc) is 2.99. The van der Waals surface area contributed by atoms with Gasteiger partial charge in [-0.05, 0) is 44.3 Å². The molecule has 18 heavy (non-hydrogen) atoms. The van der Waals surface area contributed by atoms with Crippen LogP contribution in [0.15, 0.2) is 0 Å². The molecule has 6 heteroatoms. The zero-order valence-electron chi connectivity index (χ0n) is 11.0. The zero-order chi connectivity index (χ0) is 13.0. The van der Waals surface area contributed by atoms with Gasteiger partial charge in [0.15, 0.2) is 0 Å². The Bertz CT molecular complexity index is 401. The van der Waals surface area contributed by atoms with E-state index in [1.807, 2.05) is 11.8 Å². The van der Waals surface area contributed by atoms with E-state index in [1.165, 1.54) is 18.0 Å². The van der Waals surface area contributed by atoms with Crippen LogP contribution in [-0.2, 0) is 0 Å². The van der Waals surface area contributed by atoms with Crippen molar-refractivity contribution in [2.75, 3.05) is 19.6 Å². The molecule has 1 fully saturated rings. The molecule has 1 amide bonds. The third-order valence-corrected chi connectivity index (χ3v) is 4.05. The third kappa shape index (κ3) is 3.05. The molecule has 0 bridgehead atoms. The van der Waals surface area contributed by atoms with Gasteiger partial charge in [-0.15, -0.1) is 5.10 Å². The summed E-state index contributed by atoms with van der Waals surface area (Å²) in [6, 6.07) is 0.446. The highest BCUT2D eigenvalue weighted by Gasteiger charge is 2.24. The van der Waals surface area contributed by atoms with Crippen molar-refractivity contribution in [3.8, 4) is 0 Å². The van der Waals surface area contributed by atoms with Crippen molar-refractivity contribution in [3.63, 3.8) is 0 Å². The van der Waals surface area contributed by atoms with Gasteiger partial charge in [-0.2, -0.15) is 0 Å². The molecule has 2 rings (SSSR count). The van der Waals surface area contributed by atoms with E-state index < -0.39 is 0 Å². The Balaban J connectivity index is 2.04. The quantitative estimate of drug-likeness (QED) is 0.878. The van der Waals surface area contributed by atoms with Gasteiger partial charge < -0.3 is 10.2 Å². The number of nitrogens with zero attached hydrogens (tertiary/aromatic N) is 3. The predicted molar refractivity (Wildman–Crippen MR) is 71.9 cm³/mol. The summed E-state index contributed by atoms with van der Waals surface area (Å²) in [5.74, 6) is 0.0815. The first-order valence-corrected chi connectivity index (χ1v) is 7.31. The van der Waals surface area contributed by atoms with Crippen molar-refractivity contribution in [1.82, 2.24) is 19.8 Å². The fourth-order valence-corrected chi connectivity index (χ4v) is 2.92. The van der Waals surface area contributed by atoms with Gasteiger partial charge >= 0.3 is 0 Å². The van der Waals surface area contributed by atoms with Crippen molar-refractivity contribution in [3.05, 3.63) is 10.6 Å². The molecule has 0 aromatic carbocycles. The largest absolute Gasteiger partial charge is 0.336 e. The summed E-state index contributed by atoms with van der Waals surface area (Å²) in [5.41, 5.74) is 0.741. The molecule has 1 aliphatic heterocycles. The molecule has 0 radical (unpaired) electrons. The molecular weight excluding hydrogens is 248 g/mol. The highest BCUT2D eigenvalue weighted by atomic mass is 32.1. The number of amides is 1. The van der Waals surface area contributed by atoms with E-state index in [0.717, 1.165) is 38.2 Å². The van der Waals surface area contributed by atoms with Crippen molar-refractivity contribution < 1.29 is 4.79 Å². The summed E-state index contributed by atoms with van der Waals surface area (Å²) in [5, 5.41) is 7.36. The molecule has 2 heterocycles. The molecule has 1 saturated heterocycles. The maximum absolute atomic E-state index is 12.4. The van der Waals surface area contributed by atoms with Gasteiger partial charge in [0.1, 0.15) is 4.88 Å². The lowest BCUT2D eigenvalue weighted by atomic mass is 10.2. The van der Waals surface area contributed by atoms with Crippen LogP contribution in [0.2, 0.25) is 0 Å². The van der Waals surface area contributed by atoms with Crippen LogP contribution in [-0.4, -0.2) is 46.1 Å². The van der Waals surface area contributed by atoms with E-state index in [2.05, 4.69) is 21.8 Å². The minimum atomic E-state index is 0.0815. The third-order valence-electron chi connectivity index (χ3n) is 3.23. The number of aromatic nitrogens is 2. The molecule has 1 N–H and O–H groups in total. The SMILES string of the molecule is CCCN(CC1CCCN1)C(=O)c1snnc1C. The van der Waals surface area contributed by atoms with Crippen LogP contribution in [0.4, 0.5) is 0 Å². The monoisotopic (exact) mass is 268 g/mol. The Morgan fingerprint density at radius 2 is 2.44 bits per heavy atom. The molecule has 5 nitrogen and oxygen atoms in total. The Kier molecular flexibility index (Phi) is 4.66. The van der Waals surface area contributed by atoms with Crippen molar-refractivity contribution in [2.45, 2.75) is 39.2 Å². The van der Waals surface area contributed by atoms with Crippen LogP contribution < -0.4 is 5.32 Å². The van der Waals surface area contributed by atoms with E-state index in [9.17, 15) is 4.79 Å². The van der Waals surface area contributed by atoms with Gasteiger partial charge in [-0.25, -0.2) is 0 Å². The van der Waals surface area contributed by atoms with Crippen LogP contribution in [0.25, 0.3) is 0 Å². The number of carbonyl (C=O) groups is 1. The van der Waals surface area contributed by atoms with Crippen LogP contribution >= 0.6 is 11.5 Å². The lowest BCUT2D eigenvalue weighted by Crippen LogP contribution is -2.41. The lowest BCUT2D eigenvalue weighted by Gasteiger charge is -2.25. The van der Waals surface area contributed by atoms with Gasteiger partial charge in [0, 0.05) is 19.1 Å². The molecule has 100 valence electrons. The molecular formula is C12H20N4OS. The first-order chi connectivity index (χ1) is 8.72. The maximum Gasteiger partial charge on any atom is 0.267 e. The van der Waals surface area contributed by atoms with Gasteiger partial charge in [0.2, 0.25) is 0 Å². The second-order valence-corrected chi connectivity index (χ2v) is 5.49. The lowest BCUT2D eigenvalue weighted by molar-refractivity contribution is 0.0746. The van der Waals surface area contributed by atoms with Gasteiger partial charge in [-0.1, -0.05) is 11.4 Å². The van der Waals surface area contributed by atoms with Crippen molar-refractivity contribution in [2.24, 2.45) is 0 Å². The molecule has 0 spiro atoms. The second kappa shape index (κ2) is 6.24. The highest BCUT2D eigenvalue weighted by molar-refractivity contribution is 7.07. The Morgan fingerprint density at radius 1 is 1.61 bits per heavy atom. The summed E-state index contributed by atoms with van der Waals surface area (Å²) in [6.45, 7) is 6.60. The number of nitrogens with one attached hydrogen (secondary N) is 1. The average molecular weight is 268 g/mol. The zero-order valence-corrected chi connectivity index (χ0v) is 11.8. The smallest absolute Gasteiger partial charge is 0.267 e. The van der Waals surface area contributed by atoms with Crippen LogP contribution in [0.5, 0.6) is 0 Å².